The maximum Gasteiger partial charge on any atom is 0.338 e. The Bertz CT molecular complexity index is 433. The molecule has 19 heavy (non-hydrogen) atoms. The van der Waals surface area contributed by atoms with Crippen molar-refractivity contribution >= 4 is 5.97 Å². The summed E-state index contributed by atoms with van der Waals surface area (Å²) in [4.78, 5) is 11.7. The summed E-state index contributed by atoms with van der Waals surface area (Å²) in [5.74, 6) is -2.73. The number of aliphatic hydroxyl groups is 1. The van der Waals surface area contributed by atoms with Gasteiger partial charge in [0.15, 0.2) is 17.2 Å². The van der Waals surface area contributed by atoms with Crippen molar-refractivity contribution in [3.8, 4) is 17.2 Å². The van der Waals surface area contributed by atoms with Gasteiger partial charge in [-0.25, -0.2) is 4.79 Å². The number of aromatic hydroxyl groups is 3. The van der Waals surface area contributed by atoms with Crippen molar-refractivity contribution in [3.05, 3.63) is 17.7 Å². The molecule has 0 aliphatic carbocycles. The SMILES string of the molecule is CCCC(O)C(C)OC(=O)c1cc(O)c(O)c(O)c1. The van der Waals surface area contributed by atoms with Crippen molar-refractivity contribution in [3.63, 3.8) is 0 Å². The van der Waals surface area contributed by atoms with E-state index in [0.29, 0.717) is 6.42 Å². The van der Waals surface area contributed by atoms with Gasteiger partial charge in [0, 0.05) is 0 Å². The van der Waals surface area contributed by atoms with Crippen molar-refractivity contribution < 1.29 is 30.0 Å². The highest BCUT2D eigenvalue weighted by Crippen LogP contribution is 2.35. The average Bonchev–Trinajstić information content (AvgIpc) is 2.35. The first kappa shape index (κ1) is 15.1. The van der Waals surface area contributed by atoms with Crippen molar-refractivity contribution in [2.45, 2.75) is 38.9 Å². The van der Waals surface area contributed by atoms with E-state index < -0.39 is 35.4 Å². The zero-order chi connectivity index (χ0) is 14.6. The van der Waals surface area contributed by atoms with Crippen molar-refractivity contribution in [1.82, 2.24) is 0 Å². The second kappa shape index (κ2) is 6.29. The Balaban J connectivity index is 2.79. The molecule has 0 heterocycles. The lowest BCUT2D eigenvalue weighted by Crippen LogP contribution is -2.28. The zero-order valence-electron chi connectivity index (χ0n) is 10.8. The molecule has 4 N–H and O–H groups in total. The van der Waals surface area contributed by atoms with Gasteiger partial charge in [-0.2, -0.15) is 0 Å². The quantitative estimate of drug-likeness (QED) is 0.477. The predicted molar refractivity (Wildman–Crippen MR) is 67.2 cm³/mol. The maximum absolute atomic E-state index is 11.7. The minimum Gasteiger partial charge on any atom is -0.504 e. The molecule has 1 aromatic carbocycles. The second-order valence-electron chi connectivity index (χ2n) is 4.33. The third-order valence-corrected chi connectivity index (χ3v) is 2.72. The third-order valence-electron chi connectivity index (χ3n) is 2.72. The molecule has 0 bridgehead atoms. The summed E-state index contributed by atoms with van der Waals surface area (Å²) in [7, 11) is 0. The molecule has 106 valence electrons. The van der Waals surface area contributed by atoms with Gasteiger partial charge in [-0.15, -0.1) is 0 Å². The van der Waals surface area contributed by atoms with Crippen LogP contribution in [0.5, 0.6) is 17.2 Å². The van der Waals surface area contributed by atoms with E-state index in [4.69, 9.17) is 9.84 Å². The summed E-state index contributed by atoms with van der Waals surface area (Å²) >= 11 is 0. The number of phenols is 3. The standard InChI is InChI=1S/C13H18O6/c1-3-4-9(14)7(2)19-13(18)8-5-10(15)12(17)11(16)6-8/h5-7,9,14-17H,3-4H2,1-2H3. The molecule has 1 rings (SSSR count). The number of aliphatic hydroxyl groups excluding tert-OH is 1. The number of hydrogen-bond donors (Lipinski definition) is 4. The van der Waals surface area contributed by atoms with Crippen LogP contribution in [0.1, 0.15) is 37.0 Å². The molecule has 2 unspecified atom stereocenters. The number of ether oxygens (including phenoxy) is 1. The Morgan fingerprint density at radius 3 is 2.26 bits per heavy atom. The van der Waals surface area contributed by atoms with Gasteiger partial charge in [0.05, 0.1) is 11.7 Å². The summed E-state index contributed by atoms with van der Waals surface area (Å²) in [6.07, 6.45) is -0.219. The highest BCUT2D eigenvalue weighted by atomic mass is 16.6. The fourth-order valence-electron chi connectivity index (χ4n) is 1.57. The molecular formula is C13H18O6. The molecular weight excluding hydrogens is 252 g/mol. The van der Waals surface area contributed by atoms with E-state index in [1.54, 1.807) is 6.92 Å². The first-order valence-electron chi connectivity index (χ1n) is 6.00. The van der Waals surface area contributed by atoms with Crippen LogP contribution in [0.15, 0.2) is 12.1 Å². The minimum atomic E-state index is -0.798. The smallest absolute Gasteiger partial charge is 0.338 e. The molecule has 6 nitrogen and oxygen atoms in total. The van der Waals surface area contributed by atoms with Crippen molar-refractivity contribution in [2.75, 3.05) is 0 Å². The molecule has 0 saturated heterocycles. The Kier molecular flexibility index (Phi) is 5.00. The molecule has 0 aromatic heterocycles. The van der Waals surface area contributed by atoms with Crippen LogP contribution in [0.25, 0.3) is 0 Å². The third kappa shape index (κ3) is 3.75. The van der Waals surface area contributed by atoms with Crippen LogP contribution in [0.4, 0.5) is 0 Å². The van der Waals surface area contributed by atoms with Crippen LogP contribution >= 0.6 is 0 Å². The van der Waals surface area contributed by atoms with Crippen LogP contribution < -0.4 is 0 Å². The average molecular weight is 270 g/mol. The summed E-state index contributed by atoms with van der Waals surface area (Å²) in [5.41, 5.74) is -0.108. The van der Waals surface area contributed by atoms with Gasteiger partial charge in [0.2, 0.25) is 0 Å². The normalized spacial score (nSPS) is 13.8. The van der Waals surface area contributed by atoms with Crippen LogP contribution in [-0.4, -0.2) is 38.6 Å². The number of benzene rings is 1. The summed E-state index contributed by atoms with van der Waals surface area (Å²) in [5, 5.41) is 37.4. The van der Waals surface area contributed by atoms with E-state index in [0.717, 1.165) is 18.6 Å². The first-order chi connectivity index (χ1) is 8.86. The van der Waals surface area contributed by atoms with Gasteiger partial charge in [0.1, 0.15) is 6.10 Å². The topological polar surface area (TPSA) is 107 Å². The predicted octanol–water partition coefficient (Wildman–Crippen LogP) is 1.51. The fraction of sp³-hybridized carbons (Fsp3) is 0.462. The molecule has 0 saturated carbocycles. The van der Waals surface area contributed by atoms with Gasteiger partial charge in [-0.05, 0) is 25.5 Å². The molecule has 0 amide bonds. The molecule has 0 aliphatic heterocycles. The van der Waals surface area contributed by atoms with Gasteiger partial charge >= 0.3 is 5.97 Å². The molecule has 0 aliphatic rings. The zero-order valence-corrected chi connectivity index (χ0v) is 10.8. The lowest BCUT2D eigenvalue weighted by molar-refractivity contribution is -0.0134. The fourth-order valence-corrected chi connectivity index (χ4v) is 1.57. The van der Waals surface area contributed by atoms with Crippen LogP contribution in [0.2, 0.25) is 0 Å². The van der Waals surface area contributed by atoms with Gasteiger partial charge in [-0.1, -0.05) is 13.3 Å². The Labute approximate surface area is 110 Å². The highest BCUT2D eigenvalue weighted by molar-refractivity contribution is 5.91. The summed E-state index contributed by atoms with van der Waals surface area (Å²) in [6.45, 7) is 3.45. The van der Waals surface area contributed by atoms with E-state index in [2.05, 4.69) is 0 Å². The number of carbonyl (C=O) groups excluding carboxylic acids is 1. The van der Waals surface area contributed by atoms with Crippen molar-refractivity contribution in [1.29, 1.82) is 0 Å². The van der Waals surface area contributed by atoms with Crippen LogP contribution in [0.3, 0.4) is 0 Å². The number of rotatable bonds is 5. The number of phenolic OH excluding ortho intramolecular Hbond substituents is 3. The second-order valence-corrected chi connectivity index (χ2v) is 4.33. The highest BCUT2D eigenvalue weighted by Gasteiger charge is 2.20. The monoisotopic (exact) mass is 270 g/mol. The van der Waals surface area contributed by atoms with Gasteiger partial charge in [-0.3, -0.25) is 0 Å². The number of hydrogen-bond acceptors (Lipinski definition) is 6. The van der Waals surface area contributed by atoms with Gasteiger partial charge < -0.3 is 25.2 Å². The first-order valence-corrected chi connectivity index (χ1v) is 6.00. The molecule has 0 fully saturated rings. The molecule has 6 heteroatoms. The van der Waals surface area contributed by atoms with E-state index in [1.807, 2.05) is 6.92 Å². The van der Waals surface area contributed by atoms with E-state index in [-0.39, 0.29) is 5.56 Å². The number of carbonyl (C=O) groups is 1. The molecule has 1 aromatic rings. The van der Waals surface area contributed by atoms with Gasteiger partial charge in [0.25, 0.3) is 0 Å². The Hall–Kier alpha value is -1.95. The largest absolute Gasteiger partial charge is 0.504 e. The van der Waals surface area contributed by atoms with Crippen LogP contribution in [0, 0.1) is 0 Å². The van der Waals surface area contributed by atoms with E-state index >= 15 is 0 Å². The van der Waals surface area contributed by atoms with E-state index in [9.17, 15) is 20.1 Å². The van der Waals surface area contributed by atoms with Crippen molar-refractivity contribution in [2.24, 2.45) is 0 Å². The lowest BCUT2D eigenvalue weighted by Gasteiger charge is -2.19. The summed E-state index contributed by atoms with van der Waals surface area (Å²) in [6, 6.07) is 1.96. The maximum atomic E-state index is 11.7. The molecule has 0 spiro atoms. The number of esters is 1. The Morgan fingerprint density at radius 2 is 1.79 bits per heavy atom. The Morgan fingerprint density at radius 1 is 1.26 bits per heavy atom. The van der Waals surface area contributed by atoms with Crippen LogP contribution in [-0.2, 0) is 4.74 Å². The lowest BCUT2D eigenvalue weighted by atomic mass is 10.1. The minimum absolute atomic E-state index is 0.108. The molecule has 0 radical (unpaired) electrons. The molecule has 2 atom stereocenters. The van der Waals surface area contributed by atoms with E-state index in [1.165, 1.54) is 0 Å². The summed E-state index contributed by atoms with van der Waals surface area (Å²) < 4.78 is 5.01.